The first-order chi connectivity index (χ1) is 12.0. The molecule has 0 radical (unpaired) electrons. The smallest absolute Gasteiger partial charge is 0.337 e. The van der Waals surface area contributed by atoms with Crippen molar-refractivity contribution < 1.29 is 23.9 Å². The normalized spacial score (nSPS) is 9.96. The van der Waals surface area contributed by atoms with Gasteiger partial charge < -0.3 is 20.5 Å². The molecule has 0 bridgehead atoms. The highest BCUT2D eigenvalue weighted by Gasteiger charge is 2.10. The van der Waals surface area contributed by atoms with Crippen molar-refractivity contribution in [2.75, 3.05) is 13.7 Å². The van der Waals surface area contributed by atoms with Gasteiger partial charge in [-0.05, 0) is 29.8 Å². The summed E-state index contributed by atoms with van der Waals surface area (Å²) in [5, 5.41) is 2.68. The second-order valence-electron chi connectivity index (χ2n) is 5.11. The Kier molecular flexibility index (Phi) is 6.11. The lowest BCUT2D eigenvalue weighted by molar-refractivity contribution is -0.123. The van der Waals surface area contributed by atoms with Crippen LogP contribution in [0.3, 0.4) is 0 Å². The number of methoxy groups -OCH3 is 1. The van der Waals surface area contributed by atoms with Gasteiger partial charge in [0, 0.05) is 6.54 Å². The maximum atomic E-state index is 11.9. The Bertz CT molecular complexity index is 771. The van der Waals surface area contributed by atoms with Crippen LogP contribution in [0.2, 0.25) is 0 Å². The fourth-order valence-corrected chi connectivity index (χ4v) is 2.07. The van der Waals surface area contributed by atoms with Crippen LogP contribution in [0.5, 0.6) is 5.75 Å². The Morgan fingerprint density at radius 3 is 2.36 bits per heavy atom. The lowest BCUT2D eigenvalue weighted by Gasteiger charge is -2.10. The summed E-state index contributed by atoms with van der Waals surface area (Å²) in [6.45, 7) is 0.0334. The Morgan fingerprint density at radius 2 is 1.72 bits per heavy atom. The molecule has 7 heteroatoms. The molecular weight excluding hydrogens is 324 g/mol. The number of nitrogens with one attached hydrogen (secondary N) is 1. The van der Waals surface area contributed by atoms with Gasteiger partial charge in [-0.25, -0.2) is 4.79 Å². The van der Waals surface area contributed by atoms with Crippen LogP contribution in [-0.4, -0.2) is 31.5 Å². The van der Waals surface area contributed by atoms with Crippen LogP contribution in [0.1, 0.15) is 26.3 Å². The van der Waals surface area contributed by atoms with Crippen LogP contribution < -0.4 is 15.8 Å². The molecule has 2 rings (SSSR count). The van der Waals surface area contributed by atoms with Crippen LogP contribution in [0.4, 0.5) is 0 Å². The molecule has 0 aliphatic rings. The van der Waals surface area contributed by atoms with Crippen LogP contribution >= 0.6 is 0 Å². The van der Waals surface area contributed by atoms with E-state index >= 15 is 0 Å². The largest absolute Gasteiger partial charge is 0.483 e. The molecule has 0 aliphatic carbocycles. The summed E-state index contributed by atoms with van der Waals surface area (Å²) < 4.78 is 9.96. The van der Waals surface area contributed by atoms with E-state index in [9.17, 15) is 14.4 Å². The first-order valence-electron chi connectivity index (χ1n) is 7.47. The average molecular weight is 342 g/mol. The third kappa shape index (κ3) is 5.07. The molecule has 0 spiro atoms. The SMILES string of the molecule is COC(=O)c1ccc(CNC(=O)COc2ccccc2C(N)=O)cc1. The summed E-state index contributed by atoms with van der Waals surface area (Å²) in [4.78, 5) is 34.5. The third-order valence-corrected chi connectivity index (χ3v) is 3.38. The topological polar surface area (TPSA) is 108 Å². The van der Waals surface area contributed by atoms with Gasteiger partial charge in [0.05, 0.1) is 18.2 Å². The van der Waals surface area contributed by atoms with E-state index in [1.54, 1.807) is 42.5 Å². The maximum Gasteiger partial charge on any atom is 0.337 e. The summed E-state index contributed by atoms with van der Waals surface area (Å²) in [5.74, 6) is -1.14. The van der Waals surface area contributed by atoms with E-state index in [-0.39, 0.29) is 30.4 Å². The fourth-order valence-electron chi connectivity index (χ4n) is 2.07. The molecule has 3 N–H and O–H groups in total. The molecule has 0 saturated carbocycles. The number of amides is 2. The summed E-state index contributed by atoms with van der Waals surface area (Å²) in [5.41, 5.74) is 6.72. The van der Waals surface area contributed by atoms with E-state index in [1.807, 2.05) is 0 Å². The number of carbonyl (C=O) groups excluding carboxylic acids is 3. The molecule has 0 saturated heterocycles. The van der Waals surface area contributed by atoms with E-state index in [2.05, 4.69) is 10.1 Å². The molecule has 7 nitrogen and oxygen atoms in total. The monoisotopic (exact) mass is 342 g/mol. The van der Waals surface area contributed by atoms with Crippen LogP contribution in [0.25, 0.3) is 0 Å². The van der Waals surface area contributed by atoms with Gasteiger partial charge in [0.15, 0.2) is 6.61 Å². The van der Waals surface area contributed by atoms with Gasteiger partial charge in [0.1, 0.15) is 5.75 Å². The second-order valence-corrected chi connectivity index (χ2v) is 5.11. The zero-order chi connectivity index (χ0) is 18.2. The summed E-state index contributed by atoms with van der Waals surface area (Å²) in [6, 6.07) is 13.1. The Hall–Kier alpha value is -3.35. The number of esters is 1. The summed E-state index contributed by atoms with van der Waals surface area (Å²) in [6.07, 6.45) is 0. The standard InChI is InChI=1S/C18H18N2O5/c1-24-18(23)13-8-6-12(7-9-13)10-20-16(21)11-25-15-5-3-2-4-14(15)17(19)22/h2-9H,10-11H2,1H3,(H2,19,22)(H,20,21). The highest BCUT2D eigenvalue weighted by Crippen LogP contribution is 2.16. The number of primary amides is 1. The van der Waals surface area contributed by atoms with Crippen molar-refractivity contribution in [2.45, 2.75) is 6.54 Å². The van der Waals surface area contributed by atoms with Crippen LogP contribution in [0.15, 0.2) is 48.5 Å². The minimum Gasteiger partial charge on any atom is -0.483 e. The maximum absolute atomic E-state index is 11.9. The third-order valence-electron chi connectivity index (χ3n) is 3.38. The quantitative estimate of drug-likeness (QED) is 0.737. The number of benzene rings is 2. The zero-order valence-corrected chi connectivity index (χ0v) is 13.7. The van der Waals surface area contributed by atoms with E-state index in [0.717, 1.165) is 5.56 Å². The number of nitrogens with two attached hydrogens (primary N) is 1. The minimum atomic E-state index is -0.623. The van der Waals surface area contributed by atoms with Gasteiger partial charge in [0.2, 0.25) is 0 Å². The van der Waals surface area contributed by atoms with Crippen molar-refractivity contribution in [2.24, 2.45) is 5.73 Å². The number of ether oxygens (including phenoxy) is 2. The first kappa shape index (κ1) is 18.0. The number of para-hydroxylation sites is 1. The fraction of sp³-hybridized carbons (Fsp3) is 0.167. The molecule has 130 valence electrons. The predicted octanol–water partition coefficient (Wildman–Crippen LogP) is 1.27. The molecule has 0 fully saturated rings. The lowest BCUT2D eigenvalue weighted by Crippen LogP contribution is -2.28. The number of hydrogen-bond donors (Lipinski definition) is 2. The van der Waals surface area contributed by atoms with Gasteiger partial charge >= 0.3 is 5.97 Å². The van der Waals surface area contributed by atoms with E-state index in [4.69, 9.17) is 10.5 Å². The van der Waals surface area contributed by atoms with Crippen molar-refractivity contribution in [1.29, 1.82) is 0 Å². The summed E-state index contributed by atoms with van der Waals surface area (Å²) >= 11 is 0. The zero-order valence-electron chi connectivity index (χ0n) is 13.7. The van der Waals surface area contributed by atoms with Crippen molar-refractivity contribution in [3.05, 3.63) is 65.2 Å². The molecule has 0 atom stereocenters. The Morgan fingerprint density at radius 1 is 1.04 bits per heavy atom. The van der Waals surface area contributed by atoms with Gasteiger partial charge in [0.25, 0.3) is 11.8 Å². The van der Waals surface area contributed by atoms with Gasteiger partial charge in [-0.2, -0.15) is 0 Å². The average Bonchev–Trinajstić information content (AvgIpc) is 2.64. The van der Waals surface area contributed by atoms with Gasteiger partial charge in [-0.1, -0.05) is 24.3 Å². The van der Waals surface area contributed by atoms with Crippen molar-refractivity contribution in [1.82, 2.24) is 5.32 Å². The lowest BCUT2D eigenvalue weighted by atomic mass is 10.1. The van der Waals surface area contributed by atoms with Crippen molar-refractivity contribution in [3.63, 3.8) is 0 Å². The van der Waals surface area contributed by atoms with Gasteiger partial charge in [-0.3, -0.25) is 9.59 Å². The number of carbonyl (C=O) groups is 3. The molecule has 0 heterocycles. The molecule has 25 heavy (non-hydrogen) atoms. The predicted molar refractivity (Wildman–Crippen MR) is 90.1 cm³/mol. The second kappa shape index (κ2) is 8.49. The highest BCUT2D eigenvalue weighted by molar-refractivity contribution is 5.95. The number of hydrogen-bond acceptors (Lipinski definition) is 5. The van der Waals surface area contributed by atoms with Crippen molar-refractivity contribution >= 4 is 17.8 Å². The van der Waals surface area contributed by atoms with Crippen LogP contribution in [0, 0.1) is 0 Å². The Balaban J connectivity index is 1.85. The van der Waals surface area contributed by atoms with E-state index in [1.165, 1.54) is 13.2 Å². The highest BCUT2D eigenvalue weighted by atomic mass is 16.5. The molecule has 0 aromatic heterocycles. The molecule has 2 aromatic rings. The van der Waals surface area contributed by atoms with Gasteiger partial charge in [-0.15, -0.1) is 0 Å². The molecule has 2 amide bonds. The summed E-state index contributed by atoms with van der Waals surface area (Å²) in [7, 11) is 1.31. The van der Waals surface area contributed by atoms with Crippen molar-refractivity contribution in [3.8, 4) is 5.75 Å². The van der Waals surface area contributed by atoms with Crippen LogP contribution in [-0.2, 0) is 16.1 Å². The Labute approximate surface area is 144 Å². The molecule has 0 aliphatic heterocycles. The molecule has 2 aromatic carbocycles. The first-order valence-corrected chi connectivity index (χ1v) is 7.47. The van der Waals surface area contributed by atoms with E-state index in [0.29, 0.717) is 5.56 Å². The minimum absolute atomic E-state index is 0.216. The molecular formula is C18H18N2O5. The molecule has 0 unspecified atom stereocenters. The van der Waals surface area contributed by atoms with E-state index < -0.39 is 11.9 Å². The number of rotatable bonds is 7.